The molecular formula is C58H120N+. The average molecular weight is 832 g/mol. The number of hydrogen-bond donors (Lipinski definition) is 0. The van der Waals surface area contributed by atoms with E-state index in [-0.39, 0.29) is 0 Å². The summed E-state index contributed by atoms with van der Waals surface area (Å²) in [5.41, 5.74) is 0. The van der Waals surface area contributed by atoms with Gasteiger partial charge in [-0.05, 0) is 51.4 Å². The molecule has 356 valence electrons. The van der Waals surface area contributed by atoms with Gasteiger partial charge in [0.25, 0.3) is 0 Å². The van der Waals surface area contributed by atoms with Gasteiger partial charge in [-0.3, -0.25) is 0 Å². The maximum Gasteiger partial charge on any atom is 0.0888 e. The first-order valence-corrected chi connectivity index (χ1v) is 29.0. The zero-order valence-electron chi connectivity index (χ0n) is 42.8. The molecule has 0 aliphatic heterocycles. The summed E-state index contributed by atoms with van der Waals surface area (Å²) in [6.07, 6.45) is 73.5. The molecule has 0 saturated heterocycles. The molecule has 1 nitrogen and oxygen atoms in total. The molecular weight excluding hydrogens is 711 g/mol. The van der Waals surface area contributed by atoms with Gasteiger partial charge in [0.15, 0.2) is 0 Å². The maximum atomic E-state index is 2.75. The van der Waals surface area contributed by atoms with E-state index in [1.165, 1.54) is 339 Å². The van der Waals surface area contributed by atoms with Crippen molar-refractivity contribution < 1.29 is 4.48 Å². The van der Waals surface area contributed by atoms with Gasteiger partial charge in [-0.15, -0.1) is 0 Å². The molecule has 0 aromatic rings. The lowest BCUT2D eigenvalue weighted by Crippen LogP contribution is -2.53. The molecule has 59 heavy (non-hydrogen) atoms. The zero-order chi connectivity index (χ0) is 42.8. The van der Waals surface area contributed by atoms with Crippen LogP contribution in [0, 0.1) is 0 Å². The van der Waals surface area contributed by atoms with Crippen molar-refractivity contribution >= 4 is 0 Å². The first-order chi connectivity index (χ1) is 29.1. The number of rotatable bonds is 53. The van der Waals surface area contributed by atoms with E-state index in [4.69, 9.17) is 0 Å². The van der Waals surface area contributed by atoms with E-state index in [0.29, 0.717) is 0 Å². The van der Waals surface area contributed by atoms with Crippen LogP contribution >= 0.6 is 0 Å². The standard InChI is InChI=1S/C58H120N/c1-6-10-14-18-22-26-30-34-38-42-46-50-54-58(55-51-47-43-39-35-31-27-23-19-15-11-7-2)59(5,56-52-48-44-40-36-32-28-24-20-16-12-8-3)57-53-49-45-41-37-33-29-25-21-17-13-9-4/h58H,6-57H2,1-5H3/q+1. The van der Waals surface area contributed by atoms with Gasteiger partial charge in [0.05, 0.1) is 26.2 Å². The van der Waals surface area contributed by atoms with Crippen LogP contribution in [-0.4, -0.2) is 30.7 Å². The second kappa shape index (κ2) is 50.6. The van der Waals surface area contributed by atoms with E-state index in [1.807, 2.05) is 0 Å². The van der Waals surface area contributed by atoms with Crippen LogP contribution in [0.5, 0.6) is 0 Å². The van der Waals surface area contributed by atoms with Gasteiger partial charge in [-0.25, -0.2) is 0 Å². The molecule has 0 saturated carbocycles. The highest BCUT2D eigenvalue weighted by Gasteiger charge is 2.31. The molecule has 0 radical (unpaired) electrons. The van der Waals surface area contributed by atoms with Crippen LogP contribution in [0.25, 0.3) is 0 Å². The summed E-state index contributed by atoms with van der Waals surface area (Å²) in [6, 6.07) is 0.904. The lowest BCUT2D eigenvalue weighted by Gasteiger charge is -2.43. The van der Waals surface area contributed by atoms with Gasteiger partial charge in [-0.2, -0.15) is 0 Å². The number of hydrogen-bond acceptors (Lipinski definition) is 0. The SMILES string of the molecule is CCCCCCCCCCCCCCC(CCCCCCCCCCCCCC)[N+](C)(CCCCCCCCCCCCCC)CCCCCCCCCCCCCC. The molecule has 0 bridgehead atoms. The monoisotopic (exact) mass is 831 g/mol. The van der Waals surface area contributed by atoms with Crippen LogP contribution in [0.15, 0.2) is 0 Å². The van der Waals surface area contributed by atoms with E-state index in [2.05, 4.69) is 34.7 Å². The normalized spacial score (nSPS) is 12.1. The first kappa shape index (κ1) is 59.0. The molecule has 1 heteroatoms. The molecule has 0 amide bonds. The van der Waals surface area contributed by atoms with Crippen molar-refractivity contribution in [2.24, 2.45) is 0 Å². The number of nitrogens with zero attached hydrogens (tertiary/aromatic N) is 1. The third-order valence-corrected chi connectivity index (χ3v) is 14.7. The van der Waals surface area contributed by atoms with Crippen molar-refractivity contribution in [1.29, 1.82) is 0 Å². The smallest absolute Gasteiger partial charge is 0.0888 e. The van der Waals surface area contributed by atoms with Gasteiger partial charge in [-0.1, -0.05) is 297 Å². The minimum Gasteiger partial charge on any atom is -0.324 e. The van der Waals surface area contributed by atoms with E-state index >= 15 is 0 Å². The van der Waals surface area contributed by atoms with Gasteiger partial charge in [0, 0.05) is 0 Å². The second-order valence-electron chi connectivity index (χ2n) is 20.7. The Morgan fingerprint density at radius 2 is 0.356 bits per heavy atom. The molecule has 0 aromatic heterocycles. The summed E-state index contributed by atoms with van der Waals surface area (Å²) < 4.78 is 1.41. The van der Waals surface area contributed by atoms with Crippen molar-refractivity contribution in [3.8, 4) is 0 Å². The molecule has 0 aliphatic carbocycles. The second-order valence-corrected chi connectivity index (χ2v) is 20.7. The van der Waals surface area contributed by atoms with E-state index < -0.39 is 0 Å². The molecule has 0 N–H and O–H groups in total. The van der Waals surface area contributed by atoms with Crippen LogP contribution in [0.2, 0.25) is 0 Å². The Balaban J connectivity index is 5.01. The highest BCUT2D eigenvalue weighted by molar-refractivity contribution is 4.65. The molecule has 0 aromatic carbocycles. The Morgan fingerprint density at radius 1 is 0.203 bits per heavy atom. The number of unbranched alkanes of at least 4 members (excludes halogenated alkanes) is 44. The summed E-state index contributed by atoms with van der Waals surface area (Å²) in [7, 11) is 2.75. The van der Waals surface area contributed by atoms with Crippen molar-refractivity contribution in [3.05, 3.63) is 0 Å². The topological polar surface area (TPSA) is 0 Å². The average Bonchev–Trinajstić information content (AvgIpc) is 3.24. The predicted molar refractivity (Wildman–Crippen MR) is 273 cm³/mol. The summed E-state index contributed by atoms with van der Waals surface area (Å²) in [6.45, 7) is 12.2. The fourth-order valence-corrected chi connectivity index (χ4v) is 10.3. The highest BCUT2D eigenvalue weighted by atomic mass is 15.4. The molecule has 0 fully saturated rings. The summed E-state index contributed by atoms with van der Waals surface area (Å²) >= 11 is 0. The van der Waals surface area contributed by atoms with Crippen LogP contribution in [0.3, 0.4) is 0 Å². The Hall–Kier alpha value is -0.0400. The first-order valence-electron chi connectivity index (χ1n) is 29.0. The minimum atomic E-state index is 0.904. The van der Waals surface area contributed by atoms with Crippen molar-refractivity contribution in [1.82, 2.24) is 0 Å². The van der Waals surface area contributed by atoms with Gasteiger partial charge in [0.2, 0.25) is 0 Å². The Labute approximate surface area is 378 Å². The van der Waals surface area contributed by atoms with Gasteiger partial charge < -0.3 is 4.48 Å². The molecule has 0 heterocycles. The zero-order valence-corrected chi connectivity index (χ0v) is 42.8. The molecule has 0 atom stereocenters. The quantitative estimate of drug-likeness (QED) is 0.0423. The maximum absolute atomic E-state index is 2.75. The Bertz CT molecular complexity index is 673. The van der Waals surface area contributed by atoms with Gasteiger partial charge in [0.1, 0.15) is 0 Å². The third-order valence-electron chi connectivity index (χ3n) is 14.7. The number of quaternary nitrogens is 1. The summed E-state index contributed by atoms with van der Waals surface area (Å²) in [5.74, 6) is 0. The predicted octanol–water partition coefficient (Wildman–Crippen LogP) is 21.4. The Kier molecular flexibility index (Phi) is 50.6. The largest absolute Gasteiger partial charge is 0.324 e. The third kappa shape index (κ3) is 44.4. The summed E-state index contributed by atoms with van der Waals surface area (Å²) in [4.78, 5) is 0. The van der Waals surface area contributed by atoms with E-state index in [9.17, 15) is 0 Å². The molecule has 0 aliphatic rings. The fourth-order valence-electron chi connectivity index (χ4n) is 10.3. The van der Waals surface area contributed by atoms with Gasteiger partial charge >= 0.3 is 0 Å². The molecule has 0 rings (SSSR count). The highest BCUT2D eigenvalue weighted by Crippen LogP contribution is 2.27. The van der Waals surface area contributed by atoms with Crippen molar-refractivity contribution in [3.63, 3.8) is 0 Å². The van der Waals surface area contributed by atoms with Crippen LogP contribution in [-0.2, 0) is 0 Å². The lowest BCUT2D eigenvalue weighted by molar-refractivity contribution is -0.934. The Morgan fingerprint density at radius 3 is 0.542 bits per heavy atom. The van der Waals surface area contributed by atoms with E-state index in [0.717, 1.165) is 6.04 Å². The van der Waals surface area contributed by atoms with Crippen molar-refractivity contribution in [2.75, 3.05) is 20.1 Å². The van der Waals surface area contributed by atoms with Crippen LogP contribution in [0.1, 0.15) is 349 Å². The minimum absolute atomic E-state index is 0.904. The molecule has 0 spiro atoms. The molecule has 0 unspecified atom stereocenters. The lowest BCUT2D eigenvalue weighted by atomic mass is 9.95. The van der Waals surface area contributed by atoms with E-state index in [1.54, 1.807) is 0 Å². The fraction of sp³-hybridized carbons (Fsp3) is 1.00. The summed E-state index contributed by atoms with van der Waals surface area (Å²) in [5, 5.41) is 0. The van der Waals surface area contributed by atoms with Crippen LogP contribution in [0.4, 0.5) is 0 Å². The van der Waals surface area contributed by atoms with Crippen molar-refractivity contribution in [2.45, 2.75) is 355 Å². The van der Waals surface area contributed by atoms with Crippen LogP contribution < -0.4 is 0 Å².